The topological polar surface area (TPSA) is 34.1 Å². The van der Waals surface area contributed by atoms with Crippen molar-refractivity contribution in [1.29, 1.82) is 0 Å². The molecule has 0 bridgehead atoms. The van der Waals surface area contributed by atoms with E-state index in [1.807, 2.05) is 24.3 Å². The summed E-state index contributed by atoms with van der Waals surface area (Å²) in [6.07, 6.45) is 0. The number of rotatable bonds is 3. The minimum absolute atomic E-state index is 0.110. The Labute approximate surface area is 104 Å². The van der Waals surface area contributed by atoms with Gasteiger partial charge in [-0.15, -0.1) is 11.3 Å². The molecule has 0 N–H and O–H groups in total. The van der Waals surface area contributed by atoms with E-state index in [1.54, 1.807) is 6.92 Å². The van der Waals surface area contributed by atoms with Crippen LogP contribution < -0.4 is 0 Å². The Morgan fingerprint density at radius 3 is 2.75 bits per heavy atom. The molecule has 0 amide bonds. The maximum Gasteiger partial charge on any atom is 0.154 e. The van der Waals surface area contributed by atoms with Gasteiger partial charge < -0.3 is 0 Å². The Hall–Kier alpha value is -0.580. The molecule has 5 heteroatoms. The molecule has 0 aliphatic carbocycles. The van der Waals surface area contributed by atoms with Gasteiger partial charge in [0.1, 0.15) is 0 Å². The lowest BCUT2D eigenvalue weighted by atomic mass is 10.2. The lowest BCUT2D eigenvalue weighted by Gasteiger charge is -1.96. The molecule has 16 heavy (non-hydrogen) atoms. The highest BCUT2D eigenvalue weighted by Gasteiger charge is 2.12. The van der Waals surface area contributed by atoms with E-state index in [9.17, 15) is 8.42 Å². The Morgan fingerprint density at radius 2 is 2.12 bits per heavy atom. The van der Waals surface area contributed by atoms with Gasteiger partial charge in [0.15, 0.2) is 9.84 Å². The summed E-state index contributed by atoms with van der Waals surface area (Å²) in [5, 5.41) is 1.70. The number of sulfone groups is 1. The molecule has 0 fully saturated rings. The molecule has 1 heterocycles. The second kappa shape index (κ2) is 4.35. The number of hydrogen-bond acceptors (Lipinski definition) is 3. The molecule has 2 rings (SSSR count). The van der Waals surface area contributed by atoms with Crippen LogP contribution in [0.25, 0.3) is 10.1 Å². The third kappa shape index (κ3) is 2.39. The highest BCUT2D eigenvalue weighted by atomic mass is 35.5. The summed E-state index contributed by atoms with van der Waals surface area (Å²) in [7, 11) is -2.97. The molecule has 1 aromatic carbocycles. The van der Waals surface area contributed by atoms with E-state index in [2.05, 4.69) is 0 Å². The average Bonchev–Trinajstić information content (AvgIpc) is 2.61. The van der Waals surface area contributed by atoms with Gasteiger partial charge in [-0.2, -0.15) is 0 Å². The molecule has 0 aliphatic heterocycles. The number of hydrogen-bond donors (Lipinski definition) is 0. The number of benzene rings is 1. The van der Waals surface area contributed by atoms with Gasteiger partial charge in [-0.25, -0.2) is 8.42 Å². The summed E-state index contributed by atoms with van der Waals surface area (Å²) in [6, 6.07) is 7.53. The zero-order chi connectivity index (χ0) is 11.8. The zero-order valence-corrected chi connectivity index (χ0v) is 11.1. The minimum atomic E-state index is -2.97. The first-order valence-corrected chi connectivity index (χ1v) is 7.91. The largest absolute Gasteiger partial charge is 0.228 e. The fraction of sp³-hybridized carbons (Fsp3) is 0.273. The van der Waals surface area contributed by atoms with E-state index in [0.29, 0.717) is 5.02 Å². The summed E-state index contributed by atoms with van der Waals surface area (Å²) in [5.74, 6) is 0.286. The van der Waals surface area contributed by atoms with E-state index >= 15 is 0 Å². The smallest absolute Gasteiger partial charge is 0.154 e. The van der Waals surface area contributed by atoms with Crippen LogP contribution in [0.2, 0.25) is 5.02 Å². The van der Waals surface area contributed by atoms with Crippen LogP contribution in [-0.2, 0) is 15.6 Å². The molecule has 0 saturated heterocycles. The van der Waals surface area contributed by atoms with Crippen LogP contribution in [0.1, 0.15) is 11.8 Å². The van der Waals surface area contributed by atoms with Crippen LogP contribution >= 0.6 is 22.9 Å². The van der Waals surface area contributed by atoms with Crippen molar-refractivity contribution in [2.45, 2.75) is 12.7 Å². The van der Waals surface area contributed by atoms with Crippen molar-refractivity contribution in [3.63, 3.8) is 0 Å². The lowest BCUT2D eigenvalue weighted by Crippen LogP contribution is -2.04. The lowest BCUT2D eigenvalue weighted by molar-refractivity contribution is 0.597. The molecule has 0 aliphatic rings. The van der Waals surface area contributed by atoms with Crippen molar-refractivity contribution in [3.05, 3.63) is 34.2 Å². The van der Waals surface area contributed by atoms with Crippen LogP contribution in [0, 0.1) is 0 Å². The molecule has 0 unspecified atom stereocenters. The van der Waals surface area contributed by atoms with Crippen molar-refractivity contribution < 1.29 is 8.42 Å². The van der Waals surface area contributed by atoms with Crippen molar-refractivity contribution >= 4 is 42.9 Å². The van der Waals surface area contributed by atoms with Crippen molar-refractivity contribution in [2.24, 2.45) is 0 Å². The SMILES string of the molecule is CCS(=O)(=O)Cc1cc2cccc(Cl)c2s1. The van der Waals surface area contributed by atoms with E-state index < -0.39 is 9.84 Å². The Kier molecular flexibility index (Phi) is 3.24. The van der Waals surface area contributed by atoms with E-state index in [1.165, 1.54) is 11.3 Å². The highest BCUT2D eigenvalue weighted by Crippen LogP contribution is 2.32. The Morgan fingerprint density at radius 1 is 1.38 bits per heavy atom. The van der Waals surface area contributed by atoms with Gasteiger partial charge in [-0.3, -0.25) is 0 Å². The summed E-state index contributed by atoms with van der Waals surface area (Å²) < 4.78 is 24.0. The van der Waals surface area contributed by atoms with Gasteiger partial charge >= 0.3 is 0 Å². The van der Waals surface area contributed by atoms with Crippen LogP contribution in [0.4, 0.5) is 0 Å². The molecule has 0 spiro atoms. The van der Waals surface area contributed by atoms with E-state index in [4.69, 9.17) is 11.6 Å². The first-order chi connectivity index (χ1) is 7.52. The molecular formula is C11H11ClO2S2. The molecule has 0 atom stereocenters. The molecule has 0 saturated carbocycles. The minimum Gasteiger partial charge on any atom is -0.228 e. The molecule has 2 aromatic rings. The van der Waals surface area contributed by atoms with Gasteiger partial charge in [0, 0.05) is 10.6 Å². The highest BCUT2D eigenvalue weighted by molar-refractivity contribution is 7.90. The Bertz CT molecular complexity index is 614. The first kappa shape index (κ1) is 11.9. The van der Waals surface area contributed by atoms with E-state index in [-0.39, 0.29) is 11.5 Å². The van der Waals surface area contributed by atoms with Crippen LogP contribution in [0.5, 0.6) is 0 Å². The van der Waals surface area contributed by atoms with E-state index in [0.717, 1.165) is 15.0 Å². The van der Waals surface area contributed by atoms with Crippen molar-refractivity contribution in [3.8, 4) is 0 Å². The molecule has 1 aromatic heterocycles. The molecular weight excluding hydrogens is 264 g/mol. The van der Waals surface area contributed by atoms with Gasteiger partial charge in [-0.1, -0.05) is 30.7 Å². The summed E-state index contributed by atoms with van der Waals surface area (Å²) >= 11 is 7.49. The van der Waals surface area contributed by atoms with Crippen LogP contribution in [0.3, 0.4) is 0 Å². The van der Waals surface area contributed by atoms with Gasteiger partial charge in [0.05, 0.1) is 15.5 Å². The molecule has 2 nitrogen and oxygen atoms in total. The van der Waals surface area contributed by atoms with Gasteiger partial charge in [0.2, 0.25) is 0 Å². The summed E-state index contributed by atoms with van der Waals surface area (Å²) in [6.45, 7) is 1.66. The van der Waals surface area contributed by atoms with Crippen molar-refractivity contribution in [2.75, 3.05) is 5.75 Å². The van der Waals surface area contributed by atoms with Crippen molar-refractivity contribution in [1.82, 2.24) is 0 Å². The monoisotopic (exact) mass is 274 g/mol. The molecule has 86 valence electrons. The van der Waals surface area contributed by atoms with Gasteiger partial charge in [-0.05, 0) is 17.5 Å². The van der Waals surface area contributed by atoms with Crippen LogP contribution in [0.15, 0.2) is 24.3 Å². The quantitative estimate of drug-likeness (QED) is 0.859. The normalized spacial score (nSPS) is 12.1. The fourth-order valence-electron chi connectivity index (χ4n) is 1.47. The predicted octanol–water partition coefficient (Wildman–Crippen LogP) is 3.49. The number of halogens is 1. The summed E-state index contributed by atoms with van der Waals surface area (Å²) in [5.41, 5.74) is 0. The maximum atomic E-state index is 11.5. The average molecular weight is 275 g/mol. The first-order valence-electron chi connectivity index (χ1n) is 4.89. The second-order valence-corrected chi connectivity index (χ2v) is 7.44. The zero-order valence-electron chi connectivity index (χ0n) is 8.73. The third-order valence-corrected chi connectivity index (χ3v) is 5.77. The summed E-state index contributed by atoms with van der Waals surface area (Å²) in [4.78, 5) is 0.852. The van der Waals surface area contributed by atoms with Crippen LogP contribution in [-0.4, -0.2) is 14.2 Å². The Balaban J connectivity index is 2.45. The number of fused-ring (bicyclic) bond motifs is 1. The fourth-order valence-corrected chi connectivity index (χ4v) is 4.12. The van der Waals surface area contributed by atoms with Gasteiger partial charge in [0.25, 0.3) is 0 Å². The number of thiophene rings is 1. The second-order valence-electron chi connectivity index (χ2n) is 3.55. The third-order valence-electron chi connectivity index (χ3n) is 2.35. The predicted molar refractivity (Wildman–Crippen MR) is 70.0 cm³/mol. The maximum absolute atomic E-state index is 11.5. The standard InChI is InChI=1S/C11H11ClO2S2/c1-2-16(13,14)7-9-6-8-4-3-5-10(12)11(8)15-9/h3-6H,2,7H2,1H3. The molecule has 0 radical (unpaired) electrons.